The average Bonchev–Trinajstić information content (AvgIpc) is 2.48. The van der Waals surface area contributed by atoms with Gasteiger partial charge in [0.25, 0.3) is 0 Å². The van der Waals surface area contributed by atoms with Crippen molar-refractivity contribution >= 4 is 5.91 Å². The van der Waals surface area contributed by atoms with E-state index in [2.05, 4.69) is 5.32 Å². The van der Waals surface area contributed by atoms with E-state index in [4.69, 9.17) is 9.47 Å². The maximum absolute atomic E-state index is 12.2. The van der Waals surface area contributed by atoms with Gasteiger partial charge in [0.2, 0.25) is 5.91 Å². The van der Waals surface area contributed by atoms with Crippen LogP contribution in [0.4, 0.5) is 0 Å². The Labute approximate surface area is 120 Å². The highest BCUT2D eigenvalue weighted by Gasteiger charge is 2.13. The van der Waals surface area contributed by atoms with Gasteiger partial charge in [-0.25, -0.2) is 0 Å². The Morgan fingerprint density at radius 3 is 2.50 bits per heavy atom. The average molecular weight is 280 g/mol. The quantitative estimate of drug-likeness (QED) is 0.647. The van der Waals surface area contributed by atoms with E-state index in [1.807, 2.05) is 30.3 Å². The lowest BCUT2D eigenvalue weighted by Gasteiger charge is -2.22. The van der Waals surface area contributed by atoms with Gasteiger partial charge in [0.05, 0.1) is 19.8 Å². The largest absolute Gasteiger partial charge is 0.383 e. The summed E-state index contributed by atoms with van der Waals surface area (Å²) in [5, 5.41) is 3.07. The molecule has 0 bridgehead atoms. The van der Waals surface area contributed by atoms with Crippen LogP contribution in [-0.4, -0.2) is 57.9 Å². The van der Waals surface area contributed by atoms with Crippen LogP contribution < -0.4 is 5.32 Å². The minimum absolute atomic E-state index is 0.0713. The van der Waals surface area contributed by atoms with Crippen LogP contribution >= 0.6 is 0 Å². The number of carbonyl (C=O) groups is 1. The zero-order valence-electron chi connectivity index (χ0n) is 12.3. The molecule has 1 aromatic rings. The molecular weight excluding hydrogens is 256 g/mol. The third kappa shape index (κ3) is 6.65. The summed E-state index contributed by atoms with van der Waals surface area (Å²) in [6.45, 7) is 3.33. The second-order valence-corrected chi connectivity index (χ2v) is 4.46. The molecule has 0 saturated carbocycles. The molecule has 1 aromatic carbocycles. The van der Waals surface area contributed by atoms with Gasteiger partial charge < -0.3 is 19.7 Å². The molecule has 1 rings (SSSR count). The first-order valence-electron chi connectivity index (χ1n) is 6.78. The van der Waals surface area contributed by atoms with Gasteiger partial charge in [-0.3, -0.25) is 4.79 Å². The van der Waals surface area contributed by atoms with Crippen LogP contribution in [-0.2, 0) is 20.8 Å². The van der Waals surface area contributed by atoms with Crippen LogP contribution in [0.2, 0.25) is 0 Å². The molecule has 5 heteroatoms. The van der Waals surface area contributed by atoms with Gasteiger partial charge in [0, 0.05) is 33.9 Å². The van der Waals surface area contributed by atoms with Crippen molar-refractivity contribution in [3.63, 3.8) is 0 Å². The molecule has 0 unspecified atom stereocenters. The molecule has 0 aromatic heterocycles. The van der Waals surface area contributed by atoms with Gasteiger partial charge in [-0.1, -0.05) is 30.3 Å². The van der Waals surface area contributed by atoms with Gasteiger partial charge in [0.1, 0.15) is 0 Å². The highest BCUT2D eigenvalue weighted by Crippen LogP contribution is 2.04. The van der Waals surface area contributed by atoms with E-state index in [-0.39, 0.29) is 5.91 Å². The third-order valence-electron chi connectivity index (χ3n) is 2.89. The number of hydrogen-bond donors (Lipinski definition) is 1. The predicted octanol–water partition coefficient (Wildman–Crippen LogP) is 0.898. The Morgan fingerprint density at radius 1 is 1.15 bits per heavy atom. The number of ether oxygens (including phenoxy) is 2. The number of amides is 1. The standard InChI is InChI=1S/C15H24N2O3/c1-19-10-8-16-12-15(18)17(9-11-20-2)13-14-6-4-3-5-7-14/h3-7,16H,8-13H2,1-2H3. The normalized spacial score (nSPS) is 10.5. The Balaban J connectivity index is 2.47. The molecule has 0 fully saturated rings. The fourth-order valence-corrected chi connectivity index (χ4v) is 1.78. The predicted molar refractivity (Wildman–Crippen MR) is 78.5 cm³/mol. The van der Waals surface area contributed by atoms with Gasteiger partial charge in [0.15, 0.2) is 0 Å². The van der Waals surface area contributed by atoms with Crippen LogP contribution in [0.3, 0.4) is 0 Å². The molecule has 112 valence electrons. The Kier molecular flexibility index (Phi) is 8.62. The number of methoxy groups -OCH3 is 2. The molecule has 1 amide bonds. The van der Waals surface area contributed by atoms with Crippen molar-refractivity contribution in [3.05, 3.63) is 35.9 Å². The summed E-state index contributed by atoms with van der Waals surface area (Å²) in [7, 11) is 3.28. The van der Waals surface area contributed by atoms with Gasteiger partial charge in [-0.05, 0) is 5.56 Å². The fourth-order valence-electron chi connectivity index (χ4n) is 1.78. The third-order valence-corrected chi connectivity index (χ3v) is 2.89. The van der Waals surface area contributed by atoms with Crippen LogP contribution in [0.5, 0.6) is 0 Å². The summed E-state index contributed by atoms with van der Waals surface area (Å²) in [6.07, 6.45) is 0. The number of nitrogens with one attached hydrogen (secondary N) is 1. The summed E-state index contributed by atoms with van der Waals surface area (Å²) in [5.74, 6) is 0.0713. The van der Waals surface area contributed by atoms with E-state index in [0.717, 1.165) is 5.56 Å². The second kappa shape index (κ2) is 10.4. The molecule has 0 aliphatic carbocycles. The SMILES string of the molecule is COCCNCC(=O)N(CCOC)Cc1ccccc1. The van der Waals surface area contributed by atoms with Crippen molar-refractivity contribution in [2.45, 2.75) is 6.54 Å². The number of hydrogen-bond acceptors (Lipinski definition) is 4. The summed E-state index contributed by atoms with van der Waals surface area (Å²) in [4.78, 5) is 14.0. The number of benzene rings is 1. The molecule has 5 nitrogen and oxygen atoms in total. The Morgan fingerprint density at radius 2 is 1.85 bits per heavy atom. The molecule has 0 aliphatic heterocycles. The van der Waals surface area contributed by atoms with E-state index in [1.54, 1.807) is 19.1 Å². The minimum atomic E-state index is 0.0713. The van der Waals surface area contributed by atoms with Crippen molar-refractivity contribution in [2.75, 3.05) is 47.1 Å². The molecular formula is C15H24N2O3. The first-order valence-corrected chi connectivity index (χ1v) is 6.78. The van der Waals surface area contributed by atoms with Crippen molar-refractivity contribution in [2.24, 2.45) is 0 Å². The lowest BCUT2D eigenvalue weighted by atomic mass is 10.2. The molecule has 0 aliphatic rings. The Bertz CT molecular complexity index is 371. The number of carbonyl (C=O) groups excluding carboxylic acids is 1. The van der Waals surface area contributed by atoms with E-state index in [1.165, 1.54) is 0 Å². The number of rotatable bonds is 10. The molecule has 0 radical (unpaired) electrons. The molecule has 0 saturated heterocycles. The zero-order chi connectivity index (χ0) is 14.6. The molecule has 1 N–H and O–H groups in total. The topological polar surface area (TPSA) is 50.8 Å². The maximum Gasteiger partial charge on any atom is 0.236 e. The van der Waals surface area contributed by atoms with E-state index < -0.39 is 0 Å². The summed E-state index contributed by atoms with van der Waals surface area (Å²) in [6, 6.07) is 9.96. The minimum Gasteiger partial charge on any atom is -0.383 e. The van der Waals surface area contributed by atoms with E-state index >= 15 is 0 Å². The summed E-state index contributed by atoms with van der Waals surface area (Å²) in [5.41, 5.74) is 1.12. The Hall–Kier alpha value is -1.43. The van der Waals surface area contributed by atoms with Gasteiger partial charge >= 0.3 is 0 Å². The number of nitrogens with zero attached hydrogens (tertiary/aromatic N) is 1. The highest BCUT2D eigenvalue weighted by atomic mass is 16.5. The highest BCUT2D eigenvalue weighted by molar-refractivity contribution is 5.78. The molecule has 0 heterocycles. The van der Waals surface area contributed by atoms with Crippen molar-refractivity contribution in [3.8, 4) is 0 Å². The molecule has 20 heavy (non-hydrogen) atoms. The van der Waals surface area contributed by atoms with Crippen molar-refractivity contribution in [1.29, 1.82) is 0 Å². The van der Waals surface area contributed by atoms with Crippen LogP contribution in [0, 0.1) is 0 Å². The lowest BCUT2D eigenvalue weighted by molar-refractivity contribution is -0.131. The first-order chi connectivity index (χ1) is 9.77. The fraction of sp³-hybridized carbons (Fsp3) is 0.533. The zero-order valence-corrected chi connectivity index (χ0v) is 12.3. The summed E-state index contributed by atoms with van der Waals surface area (Å²) < 4.78 is 10.0. The smallest absolute Gasteiger partial charge is 0.236 e. The molecule has 0 spiro atoms. The van der Waals surface area contributed by atoms with Crippen LogP contribution in [0.25, 0.3) is 0 Å². The van der Waals surface area contributed by atoms with Crippen LogP contribution in [0.15, 0.2) is 30.3 Å². The molecule has 0 atom stereocenters. The first kappa shape index (κ1) is 16.6. The second-order valence-electron chi connectivity index (χ2n) is 4.46. The van der Waals surface area contributed by atoms with E-state index in [9.17, 15) is 4.79 Å². The monoisotopic (exact) mass is 280 g/mol. The lowest BCUT2D eigenvalue weighted by Crippen LogP contribution is -2.40. The van der Waals surface area contributed by atoms with Crippen molar-refractivity contribution < 1.29 is 14.3 Å². The van der Waals surface area contributed by atoms with E-state index in [0.29, 0.717) is 39.4 Å². The van der Waals surface area contributed by atoms with Gasteiger partial charge in [-0.15, -0.1) is 0 Å². The van der Waals surface area contributed by atoms with Crippen LogP contribution in [0.1, 0.15) is 5.56 Å². The summed E-state index contributed by atoms with van der Waals surface area (Å²) >= 11 is 0. The van der Waals surface area contributed by atoms with Gasteiger partial charge in [-0.2, -0.15) is 0 Å². The maximum atomic E-state index is 12.2. The van der Waals surface area contributed by atoms with Crippen molar-refractivity contribution in [1.82, 2.24) is 10.2 Å².